The van der Waals surface area contributed by atoms with Gasteiger partial charge in [-0.2, -0.15) is 0 Å². The van der Waals surface area contributed by atoms with E-state index in [1.807, 2.05) is 121 Å². The van der Waals surface area contributed by atoms with Crippen molar-refractivity contribution in [2.75, 3.05) is 0 Å². The first-order chi connectivity index (χ1) is 68.1. The highest BCUT2D eigenvalue weighted by atomic mass is 16.3. The molecule has 0 unspecified atom stereocenters. The number of benzene rings is 21. The lowest BCUT2D eigenvalue weighted by Gasteiger charge is -2.22. The van der Waals surface area contributed by atoms with Crippen molar-refractivity contribution in [3.05, 3.63) is 472 Å². The second-order valence-corrected chi connectivity index (χ2v) is 36.2. The molecule has 0 fully saturated rings. The largest absolute Gasteiger partial charge is 0.456 e. The highest BCUT2D eigenvalue weighted by Gasteiger charge is 2.37. The number of hydrogen-bond acceptors (Lipinski definition) is 9. The van der Waals surface area contributed by atoms with Gasteiger partial charge in [0, 0.05) is 76.5 Å². The Balaban J connectivity index is 0.000000107. The van der Waals surface area contributed by atoms with Crippen LogP contribution in [0.15, 0.2) is 474 Å². The van der Waals surface area contributed by atoms with E-state index in [9.17, 15) is 0 Å². The van der Waals surface area contributed by atoms with Gasteiger partial charge < -0.3 is 13.3 Å². The van der Waals surface area contributed by atoms with Gasteiger partial charge >= 0.3 is 0 Å². The fourth-order valence-corrected chi connectivity index (χ4v) is 20.6. The quantitative estimate of drug-likeness (QED) is 0.125. The molecule has 0 spiro atoms. The normalized spacial score (nSPS) is 12.2. The molecule has 1 aliphatic rings. The van der Waals surface area contributed by atoms with Gasteiger partial charge in [0.25, 0.3) is 0 Å². The van der Waals surface area contributed by atoms with Crippen molar-refractivity contribution < 1.29 is 13.3 Å². The second-order valence-electron chi connectivity index (χ2n) is 36.2. The summed E-state index contributed by atoms with van der Waals surface area (Å²) in [6, 6.07) is 162. The summed E-state index contributed by atoms with van der Waals surface area (Å²) in [5, 5.41) is 15.3. The molecule has 0 N–H and O–H groups in total. The van der Waals surface area contributed by atoms with Crippen molar-refractivity contribution in [1.82, 2.24) is 29.9 Å². The molecule has 0 saturated heterocycles. The zero-order valence-corrected chi connectivity index (χ0v) is 75.3. The van der Waals surface area contributed by atoms with E-state index < -0.39 is 0 Å². The van der Waals surface area contributed by atoms with E-state index >= 15 is 0 Å². The molecule has 1 aliphatic carbocycles. The van der Waals surface area contributed by atoms with Gasteiger partial charge in [-0.3, -0.25) is 0 Å². The van der Waals surface area contributed by atoms with Gasteiger partial charge in [-0.25, -0.2) is 29.9 Å². The molecular weight excluding hydrogens is 1680 g/mol. The van der Waals surface area contributed by atoms with Gasteiger partial charge in [0.05, 0.1) is 56.1 Å². The molecule has 27 aromatic rings. The van der Waals surface area contributed by atoms with Crippen molar-refractivity contribution in [3.8, 4) is 134 Å². The molecule has 9 nitrogen and oxygen atoms in total. The maximum atomic E-state index is 6.18. The van der Waals surface area contributed by atoms with Crippen LogP contribution in [-0.2, 0) is 5.41 Å². The average molecular weight is 1760 g/mol. The first kappa shape index (κ1) is 80.7. The second kappa shape index (κ2) is 33.2. The van der Waals surface area contributed by atoms with Crippen molar-refractivity contribution in [2.45, 2.75) is 19.3 Å². The Morgan fingerprint density at radius 2 is 0.493 bits per heavy atom. The van der Waals surface area contributed by atoms with Gasteiger partial charge in [0.1, 0.15) is 33.5 Å². The molecule has 0 radical (unpaired) electrons. The van der Waals surface area contributed by atoms with Crippen LogP contribution in [0.4, 0.5) is 0 Å². The summed E-state index contributed by atoms with van der Waals surface area (Å²) in [6.45, 7) is 4.68. The number of rotatable bonds is 11. The van der Waals surface area contributed by atoms with Crippen LogP contribution >= 0.6 is 0 Å². The van der Waals surface area contributed by atoms with E-state index in [4.69, 9.17) is 43.2 Å². The van der Waals surface area contributed by atoms with Crippen molar-refractivity contribution in [1.29, 1.82) is 0 Å². The Bertz CT molecular complexity index is 9550. The molecule has 646 valence electrons. The van der Waals surface area contributed by atoms with Gasteiger partial charge in [-0.05, 0) is 213 Å². The zero-order valence-electron chi connectivity index (χ0n) is 75.3. The summed E-state index contributed by atoms with van der Waals surface area (Å²) in [7, 11) is 0. The van der Waals surface area contributed by atoms with Crippen LogP contribution in [0.3, 0.4) is 0 Å². The molecule has 0 aliphatic heterocycles. The molecule has 28 rings (SSSR count). The molecule has 0 amide bonds. The lowest BCUT2D eigenvalue weighted by Crippen LogP contribution is -2.15. The maximum Gasteiger partial charge on any atom is 0.160 e. The lowest BCUT2D eigenvalue weighted by molar-refractivity contribution is 0.661. The Morgan fingerprint density at radius 1 is 0.167 bits per heavy atom. The van der Waals surface area contributed by atoms with Crippen molar-refractivity contribution in [2.24, 2.45) is 0 Å². The topological polar surface area (TPSA) is 117 Å². The standard InChI is InChI=1S/C45H30N2O.2C42H26N2O/c1-45(2)36-26-31(22-23-33(36)35-24-29-10-3-4-11-30(29)25-37(35)45)44-43(46-38-14-6-7-15-39(38)47-44)28-20-18-27(19-21-28)32-13-9-17-41-42(32)34-12-5-8-16-40(34)48-41;1-2-9-32-26-33(25-18-27(32)8-1)28-16-21-30(22-17-28)41-42(44-37-13-5-4-12-36(37)43-41)31-23-19-29(20-24-31)34-11-7-15-39-40(34)35-10-3-6-14-38(35)45-39;1-2-10-30(11-3-1)42-43-37-26-32(23-24-35(37)41(44-42)33-22-19-27-9-4-5-12-31(27)25-33)28-17-20-29(21-18-28)34-14-8-16-39-40(34)36-13-6-7-15-38(36)45-39/h3-26H,1-2H3;2*1-26H. The summed E-state index contributed by atoms with van der Waals surface area (Å²) >= 11 is 0. The molecule has 0 saturated carbocycles. The number of furan rings is 3. The van der Waals surface area contributed by atoms with E-state index in [2.05, 4.69) is 354 Å². The Morgan fingerprint density at radius 3 is 0.957 bits per heavy atom. The summed E-state index contributed by atoms with van der Waals surface area (Å²) in [5.74, 6) is 0.721. The predicted molar refractivity (Wildman–Crippen MR) is 570 cm³/mol. The molecule has 9 heteroatoms. The van der Waals surface area contributed by atoms with Crippen LogP contribution in [-0.4, -0.2) is 29.9 Å². The van der Waals surface area contributed by atoms with E-state index in [0.717, 1.165) is 205 Å². The SMILES string of the molecule is CC1(C)c2cc(-c3nc4ccccc4nc3-c3ccc(-c4cccc5oc6ccccc6c45)cc3)ccc2-c2cc3ccccc3cc21.c1ccc(-c2nc(-c3ccc4ccccc4c3)c3ccc(-c4ccc(-c5cccc6oc7ccccc7c56)cc4)cc3n2)cc1.c1ccc2cc(-c3ccc(-c4nc5ccccc5nc4-c4ccc(-c5cccc6oc7ccccc7c56)cc4)cc3)ccc2c1. The minimum absolute atomic E-state index is 0.144. The summed E-state index contributed by atoms with van der Waals surface area (Å²) in [4.78, 5) is 31.0. The number of hydrogen-bond donors (Lipinski definition) is 0. The van der Waals surface area contributed by atoms with Crippen LogP contribution in [0, 0.1) is 0 Å². The summed E-state index contributed by atoms with van der Waals surface area (Å²) in [6.07, 6.45) is 0. The molecule has 21 aromatic carbocycles. The molecule has 6 aromatic heterocycles. The van der Waals surface area contributed by atoms with Crippen LogP contribution in [0.25, 0.3) is 266 Å². The van der Waals surface area contributed by atoms with Crippen molar-refractivity contribution >= 4 is 131 Å². The monoisotopic (exact) mass is 1760 g/mol. The molecule has 138 heavy (non-hydrogen) atoms. The smallest absolute Gasteiger partial charge is 0.160 e. The molecule has 0 atom stereocenters. The van der Waals surface area contributed by atoms with Gasteiger partial charge in [0.15, 0.2) is 5.82 Å². The summed E-state index contributed by atoms with van der Waals surface area (Å²) in [5.41, 5.74) is 37.2. The average Bonchev–Trinajstić information content (AvgIpc) is 1.56. The Kier molecular flexibility index (Phi) is 19.4. The molecule has 0 bridgehead atoms. The zero-order chi connectivity index (χ0) is 91.5. The van der Waals surface area contributed by atoms with E-state index in [1.54, 1.807) is 0 Å². The first-order valence-corrected chi connectivity index (χ1v) is 46.8. The third-order valence-electron chi connectivity index (χ3n) is 27.6. The molecular formula is C129H82N6O3. The fourth-order valence-electron chi connectivity index (χ4n) is 20.6. The minimum Gasteiger partial charge on any atom is -0.456 e. The van der Waals surface area contributed by atoms with Crippen LogP contribution in [0.5, 0.6) is 0 Å². The van der Waals surface area contributed by atoms with E-state index in [0.29, 0.717) is 0 Å². The van der Waals surface area contributed by atoms with Crippen molar-refractivity contribution in [3.63, 3.8) is 0 Å². The lowest BCUT2D eigenvalue weighted by atomic mass is 9.81. The maximum absolute atomic E-state index is 6.18. The van der Waals surface area contributed by atoms with Gasteiger partial charge in [-0.15, -0.1) is 0 Å². The number of nitrogens with zero attached hydrogens (tertiary/aromatic N) is 6. The summed E-state index contributed by atoms with van der Waals surface area (Å²) < 4.78 is 18.5. The van der Waals surface area contributed by atoms with E-state index in [-0.39, 0.29) is 5.41 Å². The van der Waals surface area contributed by atoms with Crippen LogP contribution in [0.1, 0.15) is 25.0 Å². The number of aromatic nitrogens is 6. The predicted octanol–water partition coefficient (Wildman–Crippen LogP) is 34.7. The highest BCUT2D eigenvalue weighted by molar-refractivity contribution is 6.15. The van der Waals surface area contributed by atoms with E-state index in [1.165, 1.54) is 71.3 Å². The van der Waals surface area contributed by atoms with Crippen LogP contribution < -0.4 is 0 Å². The van der Waals surface area contributed by atoms with Gasteiger partial charge in [0.2, 0.25) is 0 Å². The molecule has 6 heterocycles. The third kappa shape index (κ3) is 14.3. The fraction of sp³-hybridized carbons (Fsp3) is 0.0233. The Hall–Kier alpha value is -18.2. The number of fused-ring (bicyclic) bond motifs is 18. The van der Waals surface area contributed by atoms with Crippen LogP contribution in [0.2, 0.25) is 0 Å². The Labute approximate surface area is 794 Å². The third-order valence-corrected chi connectivity index (χ3v) is 27.6. The number of para-hydroxylation sites is 7. The highest BCUT2D eigenvalue weighted by Crippen LogP contribution is 2.53. The van der Waals surface area contributed by atoms with Gasteiger partial charge in [-0.1, -0.05) is 372 Å². The first-order valence-electron chi connectivity index (χ1n) is 46.8. The minimum atomic E-state index is -0.144.